The Labute approximate surface area is 114 Å². The molecule has 100 valence electrons. The van der Waals surface area contributed by atoms with Gasteiger partial charge in [0.1, 0.15) is 0 Å². The highest BCUT2D eigenvalue weighted by molar-refractivity contribution is 8.00. The van der Waals surface area contributed by atoms with E-state index in [4.69, 9.17) is 5.73 Å². The van der Waals surface area contributed by atoms with Crippen molar-refractivity contribution < 1.29 is 4.79 Å². The number of benzene rings is 1. The summed E-state index contributed by atoms with van der Waals surface area (Å²) < 4.78 is 0. The van der Waals surface area contributed by atoms with Gasteiger partial charge in [0.2, 0.25) is 5.91 Å². The van der Waals surface area contributed by atoms with Crippen LogP contribution < -0.4 is 11.1 Å². The maximum atomic E-state index is 11.0. The fourth-order valence-corrected chi connectivity index (χ4v) is 2.40. The van der Waals surface area contributed by atoms with Gasteiger partial charge in [-0.2, -0.15) is 0 Å². The minimum atomic E-state index is -0.275. The summed E-state index contributed by atoms with van der Waals surface area (Å²) in [5.41, 5.74) is 6.50. The van der Waals surface area contributed by atoms with Gasteiger partial charge in [0.25, 0.3) is 0 Å². The Morgan fingerprint density at radius 1 is 1.39 bits per heavy atom. The van der Waals surface area contributed by atoms with Crippen LogP contribution in [0.2, 0.25) is 0 Å². The molecule has 1 rings (SSSR count). The van der Waals surface area contributed by atoms with Gasteiger partial charge in [-0.25, -0.2) is 0 Å². The van der Waals surface area contributed by atoms with Gasteiger partial charge in [0.15, 0.2) is 0 Å². The number of primary amides is 1. The standard InChI is InChI=1S/C14H22N2OS/c1-10(2)8-16-9-12-5-4-6-13(7-12)18-11(3)14(15)17/h4-7,10-11,16H,8-9H2,1-3H3,(H2,15,17). The van der Waals surface area contributed by atoms with Crippen molar-refractivity contribution in [2.45, 2.75) is 37.5 Å². The van der Waals surface area contributed by atoms with Crippen LogP contribution in [0.15, 0.2) is 29.2 Å². The molecule has 0 aliphatic heterocycles. The number of hydrogen-bond donors (Lipinski definition) is 2. The summed E-state index contributed by atoms with van der Waals surface area (Å²) >= 11 is 1.50. The quantitative estimate of drug-likeness (QED) is 0.745. The van der Waals surface area contributed by atoms with Crippen molar-refractivity contribution in [3.63, 3.8) is 0 Å². The molecule has 3 nitrogen and oxygen atoms in total. The Hall–Kier alpha value is -1.00. The second-order valence-electron chi connectivity index (χ2n) is 4.83. The minimum Gasteiger partial charge on any atom is -0.369 e. The van der Waals surface area contributed by atoms with E-state index in [1.54, 1.807) is 0 Å². The van der Waals surface area contributed by atoms with Gasteiger partial charge in [-0.15, -0.1) is 11.8 Å². The molecule has 0 heterocycles. The van der Waals surface area contributed by atoms with Gasteiger partial charge in [0.05, 0.1) is 5.25 Å². The molecule has 0 saturated carbocycles. The normalized spacial score (nSPS) is 12.7. The second-order valence-corrected chi connectivity index (χ2v) is 6.25. The first-order valence-corrected chi connectivity index (χ1v) is 7.12. The first-order chi connectivity index (χ1) is 8.49. The van der Waals surface area contributed by atoms with Crippen LogP contribution in [0.25, 0.3) is 0 Å². The van der Waals surface area contributed by atoms with Crippen molar-refractivity contribution in [2.24, 2.45) is 11.7 Å². The fourth-order valence-electron chi connectivity index (χ4n) is 1.50. The van der Waals surface area contributed by atoms with Crippen molar-refractivity contribution in [3.05, 3.63) is 29.8 Å². The maximum absolute atomic E-state index is 11.0. The lowest BCUT2D eigenvalue weighted by Gasteiger charge is -2.10. The topological polar surface area (TPSA) is 55.1 Å². The highest BCUT2D eigenvalue weighted by Gasteiger charge is 2.10. The SMILES string of the molecule is CC(C)CNCc1cccc(SC(C)C(N)=O)c1. The van der Waals surface area contributed by atoms with Gasteiger partial charge >= 0.3 is 0 Å². The molecule has 0 spiro atoms. The molecule has 0 aromatic heterocycles. The monoisotopic (exact) mass is 266 g/mol. The van der Waals surface area contributed by atoms with Gasteiger partial charge in [-0.05, 0) is 37.1 Å². The predicted octanol–water partition coefficient (Wildman–Crippen LogP) is 2.40. The van der Waals surface area contributed by atoms with Crippen LogP contribution in [0.4, 0.5) is 0 Å². The smallest absolute Gasteiger partial charge is 0.230 e. The molecule has 0 bridgehead atoms. The Bertz CT molecular complexity index is 393. The molecular formula is C14H22N2OS. The van der Waals surface area contributed by atoms with Gasteiger partial charge < -0.3 is 11.1 Å². The van der Waals surface area contributed by atoms with E-state index in [-0.39, 0.29) is 11.2 Å². The Morgan fingerprint density at radius 2 is 2.11 bits per heavy atom. The third kappa shape index (κ3) is 5.56. The summed E-state index contributed by atoms with van der Waals surface area (Å²) in [5, 5.41) is 3.21. The second kappa shape index (κ2) is 7.44. The number of nitrogens with two attached hydrogens (primary N) is 1. The average molecular weight is 266 g/mol. The Balaban J connectivity index is 2.54. The number of hydrogen-bond acceptors (Lipinski definition) is 3. The van der Waals surface area contributed by atoms with Crippen molar-refractivity contribution in [2.75, 3.05) is 6.54 Å². The molecule has 1 atom stereocenters. The summed E-state index contributed by atoms with van der Waals surface area (Å²) in [4.78, 5) is 12.1. The first-order valence-electron chi connectivity index (χ1n) is 6.24. The average Bonchev–Trinajstić information content (AvgIpc) is 2.28. The van der Waals surface area contributed by atoms with E-state index in [2.05, 4.69) is 31.3 Å². The number of carbonyl (C=O) groups excluding carboxylic acids is 1. The summed E-state index contributed by atoms with van der Waals surface area (Å²) in [6.45, 7) is 8.07. The van der Waals surface area contributed by atoms with Crippen LogP contribution in [0, 0.1) is 5.92 Å². The van der Waals surface area contributed by atoms with E-state index in [9.17, 15) is 4.79 Å². The van der Waals surface area contributed by atoms with E-state index in [0.29, 0.717) is 5.92 Å². The molecule has 1 unspecified atom stereocenters. The molecule has 0 saturated heterocycles. The third-order valence-electron chi connectivity index (χ3n) is 2.49. The third-order valence-corrected chi connectivity index (χ3v) is 3.61. The Morgan fingerprint density at radius 3 is 2.72 bits per heavy atom. The predicted molar refractivity (Wildman–Crippen MR) is 77.5 cm³/mol. The number of nitrogens with one attached hydrogen (secondary N) is 1. The fraction of sp³-hybridized carbons (Fsp3) is 0.500. The zero-order valence-corrected chi connectivity index (χ0v) is 12.1. The lowest BCUT2D eigenvalue weighted by atomic mass is 10.2. The number of thioether (sulfide) groups is 1. The highest BCUT2D eigenvalue weighted by Crippen LogP contribution is 2.23. The van der Waals surface area contributed by atoms with E-state index < -0.39 is 0 Å². The van der Waals surface area contributed by atoms with Crippen LogP contribution in [0.1, 0.15) is 26.3 Å². The summed E-state index contributed by atoms with van der Waals surface area (Å²) in [6.07, 6.45) is 0. The summed E-state index contributed by atoms with van der Waals surface area (Å²) in [5.74, 6) is 0.376. The van der Waals surface area contributed by atoms with Gasteiger partial charge in [-0.1, -0.05) is 26.0 Å². The summed E-state index contributed by atoms with van der Waals surface area (Å²) in [7, 11) is 0. The van der Waals surface area contributed by atoms with E-state index >= 15 is 0 Å². The molecule has 4 heteroatoms. The van der Waals surface area contributed by atoms with E-state index in [1.165, 1.54) is 17.3 Å². The van der Waals surface area contributed by atoms with Crippen LogP contribution in [-0.4, -0.2) is 17.7 Å². The summed E-state index contributed by atoms with van der Waals surface area (Å²) in [6, 6.07) is 8.22. The van der Waals surface area contributed by atoms with Gasteiger partial charge in [-0.3, -0.25) is 4.79 Å². The number of amides is 1. The van der Waals surface area contributed by atoms with Crippen LogP contribution >= 0.6 is 11.8 Å². The lowest BCUT2D eigenvalue weighted by molar-refractivity contribution is -0.117. The highest BCUT2D eigenvalue weighted by atomic mass is 32.2. The van der Waals surface area contributed by atoms with Crippen molar-refractivity contribution in [3.8, 4) is 0 Å². The zero-order chi connectivity index (χ0) is 13.5. The molecule has 0 radical (unpaired) electrons. The molecule has 0 fully saturated rings. The molecule has 0 aliphatic carbocycles. The first kappa shape index (κ1) is 15.1. The van der Waals surface area contributed by atoms with Crippen LogP contribution in [-0.2, 0) is 11.3 Å². The minimum absolute atomic E-state index is 0.191. The maximum Gasteiger partial charge on any atom is 0.230 e. The van der Waals surface area contributed by atoms with Crippen LogP contribution in [0.5, 0.6) is 0 Å². The largest absolute Gasteiger partial charge is 0.369 e. The van der Waals surface area contributed by atoms with Crippen molar-refractivity contribution in [1.29, 1.82) is 0 Å². The molecule has 1 amide bonds. The Kier molecular flexibility index (Phi) is 6.22. The number of rotatable bonds is 7. The van der Waals surface area contributed by atoms with E-state index in [0.717, 1.165) is 18.0 Å². The zero-order valence-electron chi connectivity index (χ0n) is 11.3. The lowest BCUT2D eigenvalue weighted by Crippen LogP contribution is -2.22. The molecule has 1 aromatic carbocycles. The van der Waals surface area contributed by atoms with E-state index in [1.807, 2.05) is 19.1 Å². The van der Waals surface area contributed by atoms with Crippen molar-refractivity contribution in [1.82, 2.24) is 5.32 Å². The number of carbonyl (C=O) groups is 1. The molecular weight excluding hydrogens is 244 g/mol. The molecule has 1 aromatic rings. The van der Waals surface area contributed by atoms with Crippen LogP contribution in [0.3, 0.4) is 0 Å². The van der Waals surface area contributed by atoms with Gasteiger partial charge in [0, 0.05) is 11.4 Å². The van der Waals surface area contributed by atoms with Crippen molar-refractivity contribution >= 4 is 17.7 Å². The molecule has 18 heavy (non-hydrogen) atoms. The molecule has 0 aliphatic rings. The molecule has 3 N–H and O–H groups in total.